The summed E-state index contributed by atoms with van der Waals surface area (Å²) in [5.41, 5.74) is 1.25. The molecule has 0 heterocycles. The Bertz CT molecular complexity index is 286. The maximum Gasteiger partial charge on any atom is 0.0696 e. The summed E-state index contributed by atoms with van der Waals surface area (Å²) >= 11 is 0. The molecule has 0 aromatic heterocycles. The minimum absolute atomic E-state index is 0.0178. The Morgan fingerprint density at radius 1 is 1.57 bits per heavy atom. The second-order valence-electron chi connectivity index (χ2n) is 5.13. The molecule has 2 aliphatic rings. The molecule has 1 heteroatoms. The van der Waals surface area contributed by atoms with E-state index in [1.165, 1.54) is 24.8 Å². The van der Waals surface area contributed by atoms with Gasteiger partial charge in [0.25, 0.3) is 0 Å². The molecule has 0 amide bonds. The Balaban J connectivity index is 2.12. The molecule has 0 aromatic carbocycles. The van der Waals surface area contributed by atoms with Crippen LogP contribution in [0.4, 0.5) is 0 Å². The van der Waals surface area contributed by atoms with Crippen LogP contribution in [0.5, 0.6) is 0 Å². The van der Waals surface area contributed by atoms with Gasteiger partial charge in [0.1, 0.15) is 0 Å². The average Bonchev–Trinajstić information content (AvgIpc) is 2.77. The second kappa shape index (κ2) is 3.42. The third-order valence-electron chi connectivity index (χ3n) is 4.26. The Morgan fingerprint density at radius 2 is 2.36 bits per heavy atom. The lowest BCUT2D eigenvalue weighted by Crippen LogP contribution is -2.26. The van der Waals surface area contributed by atoms with E-state index in [0.29, 0.717) is 5.92 Å². The van der Waals surface area contributed by atoms with Crippen LogP contribution < -0.4 is 0 Å². The van der Waals surface area contributed by atoms with Gasteiger partial charge in [0.2, 0.25) is 0 Å². The molecule has 2 aliphatic carbocycles. The standard InChI is InChI=1S/C13H19N/c1-3-10(2)7-13(9-14)8-11-4-5-12(13)6-11/h11-12H,2-8H2,1H3. The van der Waals surface area contributed by atoms with Crippen LogP contribution in [0.2, 0.25) is 0 Å². The molecular weight excluding hydrogens is 170 g/mol. The molecule has 1 nitrogen and oxygen atoms in total. The van der Waals surface area contributed by atoms with Gasteiger partial charge in [-0.05, 0) is 43.9 Å². The molecule has 0 aliphatic heterocycles. The predicted molar refractivity (Wildman–Crippen MR) is 57.5 cm³/mol. The number of rotatable bonds is 3. The van der Waals surface area contributed by atoms with Crippen LogP contribution in [0, 0.1) is 28.6 Å². The Kier molecular flexibility index (Phi) is 2.39. The summed E-state index contributed by atoms with van der Waals surface area (Å²) in [6, 6.07) is 2.61. The topological polar surface area (TPSA) is 23.8 Å². The second-order valence-corrected chi connectivity index (χ2v) is 5.13. The lowest BCUT2D eigenvalue weighted by Gasteiger charge is -2.31. The molecule has 3 atom stereocenters. The number of nitriles is 1. The van der Waals surface area contributed by atoms with E-state index < -0.39 is 0 Å². The zero-order valence-electron chi connectivity index (χ0n) is 9.05. The van der Waals surface area contributed by atoms with Gasteiger partial charge in [0, 0.05) is 0 Å². The van der Waals surface area contributed by atoms with E-state index in [9.17, 15) is 5.26 Å². The molecule has 0 radical (unpaired) electrons. The summed E-state index contributed by atoms with van der Waals surface area (Å²) in [4.78, 5) is 0. The summed E-state index contributed by atoms with van der Waals surface area (Å²) in [7, 11) is 0. The normalized spacial score (nSPS) is 39.7. The molecule has 2 fully saturated rings. The first-order chi connectivity index (χ1) is 6.70. The van der Waals surface area contributed by atoms with Crippen molar-refractivity contribution in [1.82, 2.24) is 0 Å². The van der Waals surface area contributed by atoms with Crippen molar-refractivity contribution in [2.24, 2.45) is 17.3 Å². The van der Waals surface area contributed by atoms with Crippen LogP contribution in [-0.2, 0) is 0 Å². The number of allylic oxidation sites excluding steroid dienone is 1. The van der Waals surface area contributed by atoms with Gasteiger partial charge in [-0.15, -0.1) is 0 Å². The van der Waals surface area contributed by atoms with Crippen LogP contribution in [0.3, 0.4) is 0 Å². The first-order valence-corrected chi connectivity index (χ1v) is 5.78. The Labute approximate surface area is 86.8 Å². The van der Waals surface area contributed by atoms with Crippen LogP contribution in [0.1, 0.15) is 45.4 Å². The highest BCUT2D eigenvalue weighted by Crippen LogP contribution is 2.58. The maximum atomic E-state index is 9.39. The lowest BCUT2D eigenvalue weighted by molar-refractivity contribution is 0.238. The maximum absolute atomic E-state index is 9.39. The molecule has 0 spiro atoms. The molecule has 0 N–H and O–H groups in total. The monoisotopic (exact) mass is 189 g/mol. The Hall–Kier alpha value is -0.770. The number of hydrogen-bond acceptors (Lipinski definition) is 1. The van der Waals surface area contributed by atoms with Crippen molar-refractivity contribution in [2.45, 2.75) is 45.4 Å². The van der Waals surface area contributed by atoms with Crippen molar-refractivity contribution in [3.8, 4) is 6.07 Å². The fourth-order valence-corrected chi connectivity index (χ4v) is 3.41. The van der Waals surface area contributed by atoms with Crippen molar-refractivity contribution in [3.63, 3.8) is 0 Å². The highest BCUT2D eigenvalue weighted by Gasteiger charge is 2.51. The third kappa shape index (κ3) is 1.38. The van der Waals surface area contributed by atoms with Gasteiger partial charge in [-0.1, -0.05) is 25.5 Å². The summed E-state index contributed by atoms with van der Waals surface area (Å²) in [6.45, 7) is 6.20. The van der Waals surface area contributed by atoms with Crippen molar-refractivity contribution in [3.05, 3.63) is 12.2 Å². The predicted octanol–water partition coefficient (Wildman–Crippen LogP) is 3.67. The van der Waals surface area contributed by atoms with Gasteiger partial charge >= 0.3 is 0 Å². The largest absolute Gasteiger partial charge is 0.198 e. The minimum Gasteiger partial charge on any atom is -0.198 e. The smallest absolute Gasteiger partial charge is 0.0696 e. The highest BCUT2D eigenvalue weighted by molar-refractivity contribution is 5.16. The van der Waals surface area contributed by atoms with E-state index >= 15 is 0 Å². The van der Waals surface area contributed by atoms with E-state index in [1.807, 2.05) is 0 Å². The van der Waals surface area contributed by atoms with Gasteiger partial charge in [-0.3, -0.25) is 0 Å². The van der Waals surface area contributed by atoms with Crippen molar-refractivity contribution >= 4 is 0 Å². The van der Waals surface area contributed by atoms with Crippen LogP contribution in [0.25, 0.3) is 0 Å². The summed E-state index contributed by atoms with van der Waals surface area (Å²) in [6.07, 6.45) is 7.10. The van der Waals surface area contributed by atoms with Gasteiger partial charge < -0.3 is 0 Å². The van der Waals surface area contributed by atoms with Crippen LogP contribution >= 0.6 is 0 Å². The molecule has 0 saturated heterocycles. The first-order valence-electron chi connectivity index (χ1n) is 5.78. The molecule has 0 aromatic rings. The summed E-state index contributed by atoms with van der Waals surface area (Å²) < 4.78 is 0. The zero-order chi connectivity index (χ0) is 10.2. The fraction of sp³-hybridized carbons (Fsp3) is 0.769. The quantitative estimate of drug-likeness (QED) is 0.621. The Morgan fingerprint density at radius 3 is 2.79 bits per heavy atom. The van der Waals surface area contributed by atoms with Crippen LogP contribution in [0.15, 0.2) is 12.2 Å². The number of nitrogens with zero attached hydrogens (tertiary/aromatic N) is 1. The van der Waals surface area contributed by atoms with Crippen molar-refractivity contribution in [2.75, 3.05) is 0 Å². The number of fused-ring (bicyclic) bond motifs is 2. The molecule has 14 heavy (non-hydrogen) atoms. The SMILES string of the molecule is C=C(CC)CC1(C#N)CC2CCC1C2. The molecule has 2 rings (SSSR count). The molecule has 2 saturated carbocycles. The molecular formula is C13H19N. The van der Waals surface area contributed by atoms with E-state index in [0.717, 1.165) is 25.2 Å². The minimum atomic E-state index is -0.0178. The van der Waals surface area contributed by atoms with Crippen molar-refractivity contribution in [1.29, 1.82) is 5.26 Å². The van der Waals surface area contributed by atoms with E-state index in [-0.39, 0.29) is 5.41 Å². The van der Waals surface area contributed by atoms with Crippen molar-refractivity contribution < 1.29 is 0 Å². The summed E-state index contributed by atoms with van der Waals surface area (Å²) in [5, 5.41) is 9.39. The third-order valence-corrected chi connectivity index (χ3v) is 4.26. The van der Waals surface area contributed by atoms with E-state index in [1.54, 1.807) is 0 Å². The number of hydrogen-bond donors (Lipinski definition) is 0. The first kappa shape index (κ1) is 9.77. The van der Waals surface area contributed by atoms with Gasteiger partial charge in [0.15, 0.2) is 0 Å². The molecule has 2 bridgehead atoms. The van der Waals surface area contributed by atoms with E-state index in [4.69, 9.17) is 0 Å². The van der Waals surface area contributed by atoms with Gasteiger partial charge in [0.05, 0.1) is 11.5 Å². The van der Waals surface area contributed by atoms with Gasteiger partial charge in [-0.25, -0.2) is 0 Å². The summed E-state index contributed by atoms with van der Waals surface area (Å²) in [5.74, 6) is 1.53. The average molecular weight is 189 g/mol. The lowest BCUT2D eigenvalue weighted by atomic mass is 9.70. The highest BCUT2D eigenvalue weighted by atomic mass is 14.6. The molecule has 3 unspecified atom stereocenters. The van der Waals surface area contributed by atoms with Crippen LogP contribution in [-0.4, -0.2) is 0 Å². The zero-order valence-corrected chi connectivity index (χ0v) is 9.05. The molecule has 76 valence electrons. The van der Waals surface area contributed by atoms with Gasteiger partial charge in [-0.2, -0.15) is 5.26 Å². The fourth-order valence-electron chi connectivity index (χ4n) is 3.41. The van der Waals surface area contributed by atoms with E-state index in [2.05, 4.69) is 19.6 Å².